The van der Waals surface area contributed by atoms with Gasteiger partial charge in [0, 0.05) is 30.1 Å². The number of halogens is 1. The summed E-state index contributed by atoms with van der Waals surface area (Å²) in [4.78, 5) is 29.1. The number of amides is 1. The lowest BCUT2D eigenvalue weighted by molar-refractivity contribution is 0.0942. The van der Waals surface area contributed by atoms with Gasteiger partial charge >= 0.3 is 0 Å². The minimum atomic E-state index is -0.586. The quantitative estimate of drug-likeness (QED) is 0.690. The van der Waals surface area contributed by atoms with Crippen LogP contribution < -0.4 is 15.5 Å². The van der Waals surface area contributed by atoms with Crippen molar-refractivity contribution in [2.45, 2.75) is 20.4 Å². The number of nitrogens with zero attached hydrogens (tertiary/aromatic N) is 3. The third-order valence-electron chi connectivity index (χ3n) is 3.97. The van der Waals surface area contributed by atoms with Crippen LogP contribution >= 0.6 is 11.6 Å². The number of aromatic nitrogens is 3. The second-order valence-corrected chi connectivity index (χ2v) is 6.35. The van der Waals surface area contributed by atoms with Crippen molar-refractivity contribution in [3.63, 3.8) is 0 Å². The Balaban J connectivity index is 1.88. The maximum absolute atomic E-state index is 12.6. The van der Waals surface area contributed by atoms with Crippen LogP contribution in [0.1, 0.15) is 28.7 Å². The van der Waals surface area contributed by atoms with Crippen molar-refractivity contribution in [2.24, 2.45) is 0 Å². The van der Waals surface area contributed by atoms with Gasteiger partial charge in [-0.15, -0.1) is 0 Å². The summed E-state index contributed by atoms with van der Waals surface area (Å²) in [5.74, 6) is -0.146. The van der Waals surface area contributed by atoms with E-state index in [2.05, 4.69) is 15.4 Å². The number of carbonyl (C=O) groups excluding carboxylic acids is 1. The minimum Gasteiger partial charge on any atom is -0.478 e. The smallest absolute Gasteiger partial charge is 0.276 e. The summed E-state index contributed by atoms with van der Waals surface area (Å²) in [7, 11) is 0. The predicted molar refractivity (Wildman–Crippen MR) is 106 cm³/mol. The van der Waals surface area contributed by atoms with Gasteiger partial charge in [-0.1, -0.05) is 29.8 Å². The van der Waals surface area contributed by atoms with Crippen LogP contribution in [0.5, 0.6) is 5.88 Å². The number of para-hydroxylation sites is 1. The van der Waals surface area contributed by atoms with Gasteiger partial charge in [-0.05, 0) is 32.0 Å². The minimum absolute atomic E-state index is 0.156. The van der Waals surface area contributed by atoms with E-state index in [4.69, 9.17) is 16.3 Å². The first-order valence-electron chi connectivity index (χ1n) is 8.72. The maximum Gasteiger partial charge on any atom is 0.276 e. The van der Waals surface area contributed by atoms with Gasteiger partial charge in [0.15, 0.2) is 5.69 Å². The molecule has 28 heavy (non-hydrogen) atoms. The Bertz CT molecular complexity index is 1070. The number of rotatable bonds is 6. The SMILES string of the molecule is CCOc1ncccc1CNC(=O)c1nn(-c2ccccc2Cl)c(C)cc1=O. The van der Waals surface area contributed by atoms with E-state index in [1.165, 1.54) is 10.7 Å². The molecule has 0 atom stereocenters. The highest BCUT2D eigenvalue weighted by Crippen LogP contribution is 2.20. The molecule has 0 unspecified atom stereocenters. The lowest BCUT2D eigenvalue weighted by atomic mass is 10.2. The molecule has 0 saturated heterocycles. The molecule has 3 aromatic rings. The second-order valence-electron chi connectivity index (χ2n) is 5.95. The Morgan fingerprint density at radius 3 is 2.79 bits per heavy atom. The molecule has 0 aliphatic carbocycles. The molecule has 1 N–H and O–H groups in total. The molecule has 0 fully saturated rings. The number of carbonyl (C=O) groups is 1. The van der Waals surface area contributed by atoms with Gasteiger partial charge in [0.2, 0.25) is 11.3 Å². The zero-order valence-corrected chi connectivity index (χ0v) is 16.2. The molecule has 7 nitrogen and oxygen atoms in total. The summed E-state index contributed by atoms with van der Waals surface area (Å²) < 4.78 is 6.93. The first kappa shape index (κ1) is 19.6. The van der Waals surface area contributed by atoms with Crippen LogP contribution in [0, 0.1) is 6.92 Å². The van der Waals surface area contributed by atoms with E-state index in [9.17, 15) is 9.59 Å². The number of nitrogens with one attached hydrogen (secondary N) is 1. The molecule has 1 amide bonds. The van der Waals surface area contributed by atoms with Crippen molar-refractivity contribution in [1.29, 1.82) is 0 Å². The first-order chi connectivity index (χ1) is 13.5. The Hall–Kier alpha value is -3.19. The molecule has 0 aliphatic heterocycles. The lowest BCUT2D eigenvalue weighted by Gasteiger charge is -2.13. The fourth-order valence-corrected chi connectivity index (χ4v) is 2.87. The average Bonchev–Trinajstić information content (AvgIpc) is 2.68. The summed E-state index contributed by atoms with van der Waals surface area (Å²) in [6.07, 6.45) is 1.61. The lowest BCUT2D eigenvalue weighted by Crippen LogP contribution is -2.31. The van der Waals surface area contributed by atoms with Gasteiger partial charge in [0.1, 0.15) is 0 Å². The third-order valence-corrected chi connectivity index (χ3v) is 4.29. The Labute approximate surface area is 166 Å². The van der Waals surface area contributed by atoms with Gasteiger partial charge < -0.3 is 10.1 Å². The summed E-state index contributed by atoms with van der Waals surface area (Å²) in [6.45, 7) is 4.19. The van der Waals surface area contributed by atoms with Crippen LogP contribution in [0.4, 0.5) is 0 Å². The Morgan fingerprint density at radius 2 is 2.04 bits per heavy atom. The van der Waals surface area contributed by atoms with Crippen LogP contribution in [0.25, 0.3) is 5.69 Å². The van der Waals surface area contributed by atoms with Crippen molar-refractivity contribution in [2.75, 3.05) is 6.61 Å². The van der Waals surface area contributed by atoms with E-state index in [1.54, 1.807) is 49.5 Å². The molecule has 1 aromatic carbocycles. The molecule has 0 radical (unpaired) electrons. The highest BCUT2D eigenvalue weighted by molar-refractivity contribution is 6.32. The number of benzene rings is 1. The Kier molecular flexibility index (Phi) is 6.06. The van der Waals surface area contributed by atoms with Gasteiger partial charge in [0.05, 0.1) is 17.3 Å². The Morgan fingerprint density at radius 1 is 1.25 bits per heavy atom. The molecule has 0 aliphatic rings. The van der Waals surface area contributed by atoms with Crippen molar-refractivity contribution in [3.8, 4) is 11.6 Å². The number of hydrogen-bond acceptors (Lipinski definition) is 5. The second kappa shape index (κ2) is 8.67. The average molecular weight is 399 g/mol. The monoisotopic (exact) mass is 398 g/mol. The van der Waals surface area contributed by atoms with Crippen LogP contribution in [-0.4, -0.2) is 27.3 Å². The van der Waals surface area contributed by atoms with Crippen LogP contribution in [0.15, 0.2) is 53.5 Å². The topological polar surface area (TPSA) is 86.1 Å². The van der Waals surface area contributed by atoms with Crippen LogP contribution in [-0.2, 0) is 6.54 Å². The predicted octanol–water partition coefficient (Wildman–Crippen LogP) is 2.92. The number of ether oxygens (including phenoxy) is 1. The third kappa shape index (κ3) is 4.20. The van der Waals surface area contributed by atoms with E-state index in [-0.39, 0.29) is 12.2 Å². The highest BCUT2D eigenvalue weighted by atomic mass is 35.5. The molecule has 144 valence electrons. The normalized spacial score (nSPS) is 10.5. The number of aryl methyl sites for hydroxylation is 1. The van der Waals surface area contributed by atoms with Gasteiger partial charge in [0.25, 0.3) is 5.91 Å². The van der Waals surface area contributed by atoms with E-state index in [1.807, 2.05) is 6.92 Å². The zero-order chi connectivity index (χ0) is 20.1. The first-order valence-corrected chi connectivity index (χ1v) is 9.09. The molecular formula is C20H19ClN4O3. The summed E-state index contributed by atoms with van der Waals surface area (Å²) >= 11 is 6.23. The van der Waals surface area contributed by atoms with Gasteiger partial charge in [-0.25, -0.2) is 9.67 Å². The molecule has 8 heteroatoms. The number of pyridine rings is 1. The summed E-state index contributed by atoms with van der Waals surface area (Å²) in [5, 5.41) is 7.40. The molecule has 0 bridgehead atoms. The van der Waals surface area contributed by atoms with Crippen LogP contribution in [0.3, 0.4) is 0 Å². The fraction of sp³-hybridized carbons (Fsp3) is 0.200. The number of hydrogen-bond donors (Lipinski definition) is 1. The standard InChI is InChI=1S/C20H19ClN4O3/c1-3-28-20-14(7-6-10-22-20)12-23-19(27)18-17(26)11-13(2)25(24-18)16-9-5-4-8-15(16)21/h4-11H,3,12H2,1-2H3,(H,23,27). The summed E-state index contributed by atoms with van der Waals surface area (Å²) in [6, 6.07) is 12.0. The largest absolute Gasteiger partial charge is 0.478 e. The van der Waals surface area contributed by atoms with Gasteiger partial charge in [-0.2, -0.15) is 5.10 Å². The highest BCUT2D eigenvalue weighted by Gasteiger charge is 2.17. The van der Waals surface area contributed by atoms with Crippen LogP contribution in [0.2, 0.25) is 5.02 Å². The van der Waals surface area contributed by atoms with E-state index >= 15 is 0 Å². The molecular weight excluding hydrogens is 380 g/mol. The molecule has 0 spiro atoms. The van der Waals surface area contributed by atoms with E-state index < -0.39 is 11.3 Å². The molecule has 3 rings (SSSR count). The molecule has 0 saturated carbocycles. The molecule has 2 aromatic heterocycles. The van der Waals surface area contributed by atoms with E-state index in [0.29, 0.717) is 34.5 Å². The van der Waals surface area contributed by atoms with Crippen molar-refractivity contribution < 1.29 is 9.53 Å². The van der Waals surface area contributed by atoms with E-state index in [0.717, 1.165) is 0 Å². The van der Waals surface area contributed by atoms with Gasteiger partial charge in [-0.3, -0.25) is 9.59 Å². The van der Waals surface area contributed by atoms with Crippen molar-refractivity contribution in [1.82, 2.24) is 20.1 Å². The summed E-state index contributed by atoms with van der Waals surface area (Å²) in [5.41, 5.74) is 1.18. The maximum atomic E-state index is 12.6. The zero-order valence-electron chi connectivity index (χ0n) is 15.5. The van der Waals surface area contributed by atoms with Crippen molar-refractivity contribution in [3.05, 3.63) is 80.9 Å². The van der Waals surface area contributed by atoms with Crippen molar-refractivity contribution >= 4 is 17.5 Å². The molecule has 2 heterocycles. The fourth-order valence-electron chi connectivity index (χ4n) is 2.66.